The van der Waals surface area contributed by atoms with E-state index in [1.165, 1.54) is 5.56 Å². The van der Waals surface area contributed by atoms with Crippen molar-refractivity contribution in [3.63, 3.8) is 0 Å². The van der Waals surface area contributed by atoms with Gasteiger partial charge in [-0.15, -0.1) is 0 Å². The lowest BCUT2D eigenvalue weighted by Crippen LogP contribution is -2.33. The van der Waals surface area contributed by atoms with E-state index in [4.69, 9.17) is 13.9 Å². The van der Waals surface area contributed by atoms with Gasteiger partial charge in [-0.3, -0.25) is 0 Å². The largest absolute Gasteiger partial charge is 0.490 e. The third kappa shape index (κ3) is 5.12. The Morgan fingerprint density at radius 1 is 1.17 bits per heavy atom. The van der Waals surface area contributed by atoms with Crippen LogP contribution in [0.25, 0.3) is 22.3 Å². The molecule has 0 saturated carbocycles. The first-order valence-electron chi connectivity index (χ1n) is 10.4. The molecule has 1 aromatic heterocycles. The molecule has 158 valence electrons. The average Bonchev–Trinajstić information content (AvgIpc) is 3.10. The topological polar surface area (TPSA) is 48.7 Å². The van der Waals surface area contributed by atoms with Gasteiger partial charge in [0, 0.05) is 29.0 Å². The summed E-state index contributed by atoms with van der Waals surface area (Å²) >= 11 is 0. The number of carbonyl (C=O) groups is 1. The first-order valence-corrected chi connectivity index (χ1v) is 10.4. The summed E-state index contributed by atoms with van der Waals surface area (Å²) in [5.74, 6) is 1.20. The zero-order chi connectivity index (χ0) is 21.9. The smallest absolute Gasteiger partial charge is 0.333 e. The van der Waals surface area contributed by atoms with Gasteiger partial charge >= 0.3 is 5.97 Å². The highest BCUT2D eigenvalue weighted by Crippen LogP contribution is 2.33. The summed E-state index contributed by atoms with van der Waals surface area (Å²) in [6, 6.07) is 16.2. The maximum absolute atomic E-state index is 11.8. The number of rotatable bonds is 8. The first-order chi connectivity index (χ1) is 14.2. The van der Waals surface area contributed by atoms with Gasteiger partial charge in [-0.25, -0.2) is 4.79 Å². The van der Waals surface area contributed by atoms with Gasteiger partial charge in [0.15, 0.2) is 0 Å². The minimum absolute atomic E-state index is 0.148. The molecule has 0 N–H and O–H groups in total. The van der Waals surface area contributed by atoms with Gasteiger partial charge in [-0.05, 0) is 57.9 Å². The van der Waals surface area contributed by atoms with Gasteiger partial charge in [-0.2, -0.15) is 0 Å². The van der Waals surface area contributed by atoms with Crippen LogP contribution in [0.4, 0.5) is 0 Å². The number of hydrogen-bond donors (Lipinski definition) is 0. The summed E-state index contributed by atoms with van der Waals surface area (Å²) in [7, 11) is 0. The Morgan fingerprint density at radius 3 is 2.60 bits per heavy atom. The van der Waals surface area contributed by atoms with Gasteiger partial charge in [0.1, 0.15) is 22.7 Å². The van der Waals surface area contributed by atoms with Crippen molar-refractivity contribution in [2.75, 3.05) is 0 Å². The molecule has 1 atom stereocenters. The first kappa shape index (κ1) is 21.7. The van der Waals surface area contributed by atoms with E-state index in [-0.39, 0.29) is 12.1 Å². The summed E-state index contributed by atoms with van der Waals surface area (Å²) in [4.78, 5) is 11.8. The monoisotopic (exact) mass is 406 g/mol. The second-order valence-corrected chi connectivity index (χ2v) is 8.38. The zero-order valence-corrected chi connectivity index (χ0v) is 18.5. The molecule has 0 bridgehead atoms. The van der Waals surface area contributed by atoms with Crippen LogP contribution in [0.1, 0.15) is 46.6 Å². The van der Waals surface area contributed by atoms with Crippen molar-refractivity contribution in [2.24, 2.45) is 0 Å². The van der Waals surface area contributed by atoms with Gasteiger partial charge < -0.3 is 13.9 Å². The number of esters is 1. The van der Waals surface area contributed by atoms with Crippen LogP contribution >= 0.6 is 0 Å². The van der Waals surface area contributed by atoms with E-state index in [0.717, 1.165) is 34.5 Å². The molecule has 0 aliphatic rings. The molecular formula is C26H30O4. The van der Waals surface area contributed by atoms with E-state index in [1.54, 1.807) is 6.92 Å². The molecule has 1 heterocycles. The van der Waals surface area contributed by atoms with Crippen LogP contribution in [-0.2, 0) is 16.0 Å². The predicted octanol–water partition coefficient (Wildman–Crippen LogP) is 6.72. The van der Waals surface area contributed by atoms with Crippen LogP contribution in [0.3, 0.4) is 0 Å². The highest BCUT2D eigenvalue weighted by atomic mass is 16.6. The molecule has 0 spiro atoms. The second kappa shape index (κ2) is 8.78. The highest BCUT2D eigenvalue weighted by molar-refractivity contribution is 5.87. The quantitative estimate of drug-likeness (QED) is 0.308. The fourth-order valence-corrected chi connectivity index (χ4v) is 3.63. The lowest BCUT2D eigenvalue weighted by molar-refractivity contribution is -0.153. The fourth-order valence-electron chi connectivity index (χ4n) is 3.63. The molecule has 0 aliphatic heterocycles. The molecule has 3 aromatic rings. The van der Waals surface area contributed by atoms with Crippen LogP contribution in [-0.4, -0.2) is 17.7 Å². The van der Waals surface area contributed by atoms with Crippen LogP contribution in [0.5, 0.6) is 5.75 Å². The van der Waals surface area contributed by atoms with Crippen molar-refractivity contribution in [3.8, 4) is 17.1 Å². The summed E-state index contributed by atoms with van der Waals surface area (Å²) < 4.78 is 17.7. The standard InChI is InChI=1S/C26H30O4/c1-7-19-10-8-9-11-22(19)24-14-20-12-13-21(15-23(20)29-24)28-18(4)16-26(5,6)30-25(27)17(2)3/h8-15,18H,2,7,16H2,1,3-6H3. The number of ether oxygens (including phenoxy) is 2. The van der Waals surface area contributed by atoms with Crippen LogP contribution in [0.2, 0.25) is 0 Å². The van der Waals surface area contributed by atoms with Crippen molar-refractivity contribution in [1.29, 1.82) is 0 Å². The van der Waals surface area contributed by atoms with E-state index in [9.17, 15) is 4.79 Å². The Kier molecular flexibility index (Phi) is 6.35. The maximum atomic E-state index is 11.8. The van der Waals surface area contributed by atoms with Crippen molar-refractivity contribution >= 4 is 16.9 Å². The minimum atomic E-state index is -0.652. The Balaban J connectivity index is 1.74. The average molecular weight is 407 g/mol. The van der Waals surface area contributed by atoms with Gasteiger partial charge in [0.05, 0.1) is 6.10 Å². The van der Waals surface area contributed by atoms with Crippen LogP contribution in [0, 0.1) is 0 Å². The minimum Gasteiger partial charge on any atom is -0.490 e. The summed E-state index contributed by atoms with van der Waals surface area (Å²) in [5.41, 5.74) is 2.90. The van der Waals surface area contributed by atoms with Crippen LogP contribution in [0.15, 0.2) is 65.1 Å². The second-order valence-electron chi connectivity index (χ2n) is 8.38. The van der Waals surface area contributed by atoms with E-state index in [1.807, 2.05) is 51.1 Å². The molecule has 4 nitrogen and oxygen atoms in total. The van der Waals surface area contributed by atoms with Gasteiger partial charge in [0.2, 0.25) is 0 Å². The molecule has 4 heteroatoms. The summed E-state index contributed by atoms with van der Waals surface area (Å²) in [6.45, 7) is 13.1. The Bertz CT molecular complexity index is 1060. The number of fused-ring (bicyclic) bond motifs is 1. The highest BCUT2D eigenvalue weighted by Gasteiger charge is 2.27. The van der Waals surface area contributed by atoms with Crippen LogP contribution < -0.4 is 4.74 Å². The molecule has 3 rings (SSSR count). The van der Waals surface area contributed by atoms with E-state index in [2.05, 4.69) is 31.7 Å². The predicted molar refractivity (Wildman–Crippen MR) is 121 cm³/mol. The molecule has 0 saturated heterocycles. The Morgan fingerprint density at radius 2 is 1.90 bits per heavy atom. The van der Waals surface area contributed by atoms with Crippen molar-refractivity contribution in [1.82, 2.24) is 0 Å². The van der Waals surface area contributed by atoms with Gasteiger partial charge in [-0.1, -0.05) is 37.8 Å². The summed E-state index contributed by atoms with van der Waals surface area (Å²) in [6.07, 6.45) is 1.35. The lowest BCUT2D eigenvalue weighted by Gasteiger charge is -2.28. The molecular weight excluding hydrogens is 376 g/mol. The third-order valence-electron chi connectivity index (χ3n) is 4.99. The lowest BCUT2D eigenvalue weighted by atomic mass is 10.0. The zero-order valence-electron chi connectivity index (χ0n) is 18.5. The molecule has 0 aliphatic carbocycles. The molecule has 0 radical (unpaired) electrons. The number of furan rings is 1. The number of aryl methyl sites for hydroxylation is 1. The molecule has 30 heavy (non-hydrogen) atoms. The maximum Gasteiger partial charge on any atom is 0.333 e. The molecule has 1 unspecified atom stereocenters. The van der Waals surface area contributed by atoms with Crippen molar-refractivity contribution in [3.05, 3.63) is 66.2 Å². The van der Waals surface area contributed by atoms with E-state index in [0.29, 0.717) is 12.0 Å². The van der Waals surface area contributed by atoms with Crippen molar-refractivity contribution < 1.29 is 18.7 Å². The van der Waals surface area contributed by atoms with E-state index < -0.39 is 5.60 Å². The number of hydrogen-bond acceptors (Lipinski definition) is 4. The third-order valence-corrected chi connectivity index (χ3v) is 4.99. The number of benzene rings is 2. The molecule has 2 aromatic carbocycles. The molecule has 0 amide bonds. The molecule has 0 fully saturated rings. The normalized spacial score (nSPS) is 12.6. The van der Waals surface area contributed by atoms with Gasteiger partial charge in [0.25, 0.3) is 0 Å². The SMILES string of the molecule is C=C(C)C(=O)OC(C)(C)CC(C)Oc1ccc2cc(-c3ccccc3CC)oc2c1. The number of carbonyl (C=O) groups excluding carboxylic acids is 1. The van der Waals surface area contributed by atoms with E-state index >= 15 is 0 Å². The Hall–Kier alpha value is -3.01. The summed E-state index contributed by atoms with van der Waals surface area (Å²) in [5, 5.41) is 1.03. The Labute approximate surface area is 178 Å². The van der Waals surface area contributed by atoms with Crippen molar-refractivity contribution in [2.45, 2.75) is 59.2 Å². The fraction of sp³-hybridized carbons (Fsp3) is 0.346.